The number of nitrogens with zero attached hydrogens (tertiary/aromatic N) is 3. The normalized spacial score (nSPS) is 15.1. The van der Waals surface area contributed by atoms with Gasteiger partial charge in [0.1, 0.15) is 17.9 Å². The predicted molar refractivity (Wildman–Crippen MR) is 86.6 cm³/mol. The number of hydrazone groups is 1. The third-order valence-corrected chi connectivity index (χ3v) is 3.21. The zero-order valence-corrected chi connectivity index (χ0v) is 12.7. The van der Waals surface area contributed by atoms with Crippen molar-refractivity contribution in [3.05, 3.63) is 61.1 Å². The van der Waals surface area contributed by atoms with Gasteiger partial charge in [-0.2, -0.15) is 13.9 Å². The molecule has 0 aliphatic carbocycles. The zero-order chi connectivity index (χ0) is 18.4. The van der Waals surface area contributed by atoms with E-state index < -0.39 is 35.2 Å². The van der Waals surface area contributed by atoms with Crippen LogP contribution in [0.3, 0.4) is 0 Å². The molecule has 1 rings (SSSR count). The first kappa shape index (κ1) is 19.4. The van der Waals surface area contributed by atoms with E-state index in [0.29, 0.717) is 5.01 Å². The Bertz CT molecular complexity index is 662. The lowest BCUT2D eigenvalue weighted by molar-refractivity contribution is -0.150. The second kappa shape index (κ2) is 7.75. The summed E-state index contributed by atoms with van der Waals surface area (Å²) >= 11 is 0. The molecule has 0 aliphatic heterocycles. The molecule has 0 saturated heterocycles. The van der Waals surface area contributed by atoms with Gasteiger partial charge < -0.3 is 10.9 Å². The van der Waals surface area contributed by atoms with Gasteiger partial charge in [-0.1, -0.05) is 31.4 Å². The maximum atomic E-state index is 15.0. The molecule has 130 valence electrons. The number of rotatable bonds is 8. The van der Waals surface area contributed by atoms with Gasteiger partial charge in [0.05, 0.1) is 6.54 Å². The maximum absolute atomic E-state index is 15.0. The van der Waals surface area contributed by atoms with E-state index in [-0.39, 0.29) is 0 Å². The second-order valence-corrected chi connectivity index (χ2v) is 4.75. The number of allylic oxidation sites excluding steroid dienone is 1. The lowest BCUT2D eigenvalue weighted by atomic mass is 9.83. The molecule has 0 aliphatic rings. The number of hydrogen-bond acceptors (Lipinski definition) is 5. The summed E-state index contributed by atoms with van der Waals surface area (Å²) < 4.78 is 44.0. The van der Waals surface area contributed by atoms with E-state index in [1.807, 2.05) is 0 Å². The molecule has 1 unspecified atom stereocenters. The fourth-order valence-corrected chi connectivity index (χ4v) is 2.11. The van der Waals surface area contributed by atoms with Crippen molar-refractivity contribution in [1.29, 1.82) is 0 Å². The molecule has 0 heterocycles. The molecule has 1 atom stereocenters. The third-order valence-electron chi connectivity index (χ3n) is 3.21. The largest absolute Gasteiger partial charge is 0.377 e. The molecule has 0 spiro atoms. The van der Waals surface area contributed by atoms with E-state index in [1.165, 1.54) is 12.1 Å². The fraction of sp³-hybridized carbons (Fsp3) is 0.200. The lowest BCUT2D eigenvalue weighted by Crippen LogP contribution is -2.58. The van der Waals surface area contributed by atoms with Gasteiger partial charge in [0.15, 0.2) is 5.60 Å². The van der Waals surface area contributed by atoms with Gasteiger partial charge in [0, 0.05) is 11.8 Å². The zero-order valence-electron chi connectivity index (χ0n) is 12.7. The molecular weight excluding hydrogens is 323 g/mol. The van der Waals surface area contributed by atoms with E-state index in [9.17, 15) is 18.3 Å². The highest BCUT2D eigenvalue weighted by atomic mass is 19.3. The van der Waals surface area contributed by atoms with Crippen LogP contribution in [0.15, 0.2) is 59.8 Å². The smallest absolute Gasteiger partial charge is 0.323 e. The highest BCUT2D eigenvalue weighted by Crippen LogP contribution is 2.40. The molecule has 0 aromatic heterocycles. The van der Waals surface area contributed by atoms with Crippen molar-refractivity contribution >= 4 is 12.1 Å². The van der Waals surface area contributed by atoms with Crippen LogP contribution in [0.25, 0.3) is 0 Å². The van der Waals surface area contributed by atoms with Crippen LogP contribution in [0.2, 0.25) is 0 Å². The van der Waals surface area contributed by atoms with Crippen molar-refractivity contribution < 1.29 is 18.3 Å². The minimum Gasteiger partial charge on any atom is -0.377 e. The molecule has 24 heavy (non-hydrogen) atoms. The summed E-state index contributed by atoms with van der Waals surface area (Å²) in [4.78, 5) is 3.40. The highest BCUT2D eigenvalue weighted by Gasteiger charge is 2.58. The van der Waals surface area contributed by atoms with Crippen molar-refractivity contribution in [3.63, 3.8) is 0 Å². The Labute approximate surface area is 137 Å². The number of halogens is 3. The van der Waals surface area contributed by atoms with E-state index in [2.05, 4.69) is 23.3 Å². The minimum absolute atomic E-state index is 0.606. The van der Waals surface area contributed by atoms with Gasteiger partial charge >= 0.3 is 5.92 Å². The van der Waals surface area contributed by atoms with Gasteiger partial charge in [0.25, 0.3) is 0 Å². The molecule has 0 saturated carbocycles. The predicted octanol–water partition coefficient (Wildman–Crippen LogP) is 1.50. The molecule has 0 fully saturated rings. The van der Waals surface area contributed by atoms with Crippen LogP contribution in [0.1, 0.15) is 5.56 Å². The Morgan fingerprint density at radius 3 is 2.46 bits per heavy atom. The highest BCUT2D eigenvalue weighted by molar-refractivity contribution is 6.01. The Morgan fingerprint density at radius 2 is 1.96 bits per heavy atom. The Kier molecular flexibility index (Phi) is 6.27. The average Bonchev–Trinajstić information content (AvgIpc) is 2.52. The Hall–Kier alpha value is -2.65. The minimum atomic E-state index is -4.05. The standard InChI is InChI=1S/C15H18F3N5O/c1-3-13(21-4-2)15(17,18)14(24,9-23(20)10-22-19)11-7-5-6-8-12(11)16/h3-8,10,24H,1-2,9,19-20H2/b21-13?,22-10-. The second-order valence-electron chi connectivity index (χ2n) is 4.75. The van der Waals surface area contributed by atoms with Crippen LogP contribution in [0.5, 0.6) is 0 Å². The first-order valence-electron chi connectivity index (χ1n) is 6.66. The number of hydrogen-bond donors (Lipinski definition) is 3. The van der Waals surface area contributed by atoms with Gasteiger partial charge in [-0.05, 0) is 12.1 Å². The van der Waals surface area contributed by atoms with E-state index in [4.69, 9.17) is 11.7 Å². The molecule has 9 heteroatoms. The van der Waals surface area contributed by atoms with Crippen LogP contribution in [0.4, 0.5) is 13.2 Å². The quantitative estimate of drug-likeness (QED) is 0.289. The molecule has 0 radical (unpaired) electrons. The average molecular weight is 341 g/mol. The summed E-state index contributed by atoms with van der Waals surface area (Å²) in [5, 5.41) is 14.4. The molecule has 1 aromatic rings. The summed E-state index contributed by atoms with van der Waals surface area (Å²) in [5.41, 5.74) is -4.65. The van der Waals surface area contributed by atoms with Gasteiger partial charge in [-0.15, -0.1) is 0 Å². The van der Waals surface area contributed by atoms with Crippen LogP contribution >= 0.6 is 0 Å². The first-order chi connectivity index (χ1) is 11.2. The third kappa shape index (κ3) is 3.63. The summed E-state index contributed by atoms with van der Waals surface area (Å²) in [6.07, 6.45) is 2.40. The van der Waals surface area contributed by atoms with Crippen LogP contribution in [-0.4, -0.2) is 34.6 Å². The number of benzene rings is 1. The fourth-order valence-electron chi connectivity index (χ4n) is 2.11. The molecule has 0 bridgehead atoms. The molecule has 0 amide bonds. The maximum Gasteiger partial charge on any atom is 0.323 e. The van der Waals surface area contributed by atoms with Gasteiger partial charge in [-0.3, -0.25) is 10.0 Å². The van der Waals surface area contributed by atoms with E-state index >= 15 is 0 Å². The topological polar surface area (TPSA) is 100 Å². The number of aliphatic hydroxyl groups is 1. The van der Waals surface area contributed by atoms with Crippen molar-refractivity contribution in [2.75, 3.05) is 6.54 Å². The SMILES string of the molecule is C=CN=C(C=C)C(F)(F)C(O)(CN(N)/C=N\N)c1ccccc1F. The first-order valence-corrected chi connectivity index (χ1v) is 6.66. The Balaban J connectivity index is 3.59. The lowest BCUT2D eigenvalue weighted by Gasteiger charge is -2.38. The number of alkyl halides is 2. The summed E-state index contributed by atoms with van der Waals surface area (Å²) in [6, 6.07) is 4.55. The summed E-state index contributed by atoms with van der Waals surface area (Å²) in [5.74, 6) is 5.29. The van der Waals surface area contributed by atoms with Gasteiger partial charge in [0.2, 0.25) is 0 Å². The van der Waals surface area contributed by atoms with E-state index in [0.717, 1.165) is 30.7 Å². The van der Waals surface area contributed by atoms with Crippen LogP contribution in [0, 0.1) is 5.82 Å². The van der Waals surface area contributed by atoms with Crippen molar-refractivity contribution in [2.45, 2.75) is 11.5 Å². The summed E-state index contributed by atoms with van der Waals surface area (Å²) in [7, 11) is 0. The number of hydrazine groups is 1. The number of aliphatic imine (C=N–C) groups is 1. The monoisotopic (exact) mass is 341 g/mol. The van der Waals surface area contributed by atoms with Crippen molar-refractivity contribution in [1.82, 2.24) is 5.01 Å². The molecule has 6 nitrogen and oxygen atoms in total. The Morgan fingerprint density at radius 1 is 1.33 bits per heavy atom. The molecule has 1 aromatic carbocycles. The molecular formula is C15H18F3N5O. The molecule has 5 N–H and O–H groups in total. The van der Waals surface area contributed by atoms with Crippen LogP contribution < -0.4 is 11.7 Å². The van der Waals surface area contributed by atoms with E-state index in [1.54, 1.807) is 0 Å². The summed E-state index contributed by atoms with van der Waals surface area (Å²) in [6.45, 7) is 5.54. The van der Waals surface area contributed by atoms with Crippen LogP contribution in [-0.2, 0) is 5.60 Å². The van der Waals surface area contributed by atoms with Crippen molar-refractivity contribution in [2.24, 2.45) is 21.8 Å². The van der Waals surface area contributed by atoms with Crippen molar-refractivity contribution in [3.8, 4) is 0 Å². The van der Waals surface area contributed by atoms with Gasteiger partial charge in [-0.25, -0.2) is 10.2 Å². The number of nitrogens with two attached hydrogens (primary N) is 2.